The van der Waals surface area contributed by atoms with Crippen molar-refractivity contribution < 1.29 is 8.78 Å². The maximum Gasteiger partial charge on any atom is 0.328 e. The number of H-pyrrole nitrogens is 1. The summed E-state index contributed by atoms with van der Waals surface area (Å²) in [5.74, 6) is 1.31. The summed E-state index contributed by atoms with van der Waals surface area (Å²) in [6.45, 7) is 13.1. The Morgan fingerprint density at radius 3 is 2.47 bits per heavy atom. The van der Waals surface area contributed by atoms with Crippen molar-refractivity contribution in [3.05, 3.63) is 74.4 Å². The first-order valence-corrected chi connectivity index (χ1v) is 15.5. The summed E-state index contributed by atoms with van der Waals surface area (Å²) in [6.07, 6.45) is 2.46. The minimum atomic E-state index is -0.699. The van der Waals surface area contributed by atoms with E-state index in [0.717, 1.165) is 47.9 Å². The molecule has 3 N–H and O–H groups in total. The number of aryl methyl sites for hydroxylation is 1. The zero-order chi connectivity index (χ0) is 30.6. The van der Waals surface area contributed by atoms with Gasteiger partial charge in [-0.05, 0) is 86.1 Å². The Labute approximate surface area is 250 Å². The van der Waals surface area contributed by atoms with Crippen LogP contribution < -0.4 is 21.9 Å². The number of hydrogen-bond donors (Lipinski definition) is 3. The van der Waals surface area contributed by atoms with Crippen LogP contribution in [0.15, 0.2) is 51.0 Å². The SMILES string of the molecule is C[C@@H]1CN(C(=NC2C[C@@H]3C[C@H]([C@@H]2C)C3(C)C)Nc2ccc3c(=O)n(CCc4ccc(F)cc4F)c(=O)[nH]c3c2)C[C@H](C)N1. The molecule has 230 valence electrons. The number of fused-ring (bicyclic) bond motifs is 3. The smallest absolute Gasteiger partial charge is 0.328 e. The molecule has 6 atom stereocenters. The van der Waals surface area contributed by atoms with Gasteiger partial charge in [0, 0.05) is 43.5 Å². The van der Waals surface area contributed by atoms with E-state index in [2.05, 4.69) is 55.1 Å². The van der Waals surface area contributed by atoms with E-state index >= 15 is 0 Å². The van der Waals surface area contributed by atoms with Crippen molar-refractivity contribution in [3.63, 3.8) is 0 Å². The monoisotopic (exact) mass is 592 g/mol. The quantitative estimate of drug-likeness (QED) is 0.294. The van der Waals surface area contributed by atoms with Crippen LogP contribution in [0, 0.1) is 34.8 Å². The topological polar surface area (TPSA) is 94.5 Å². The van der Waals surface area contributed by atoms with Crippen LogP contribution in [0.3, 0.4) is 0 Å². The highest BCUT2D eigenvalue weighted by Gasteiger charge is 2.56. The maximum absolute atomic E-state index is 14.1. The number of benzene rings is 2. The summed E-state index contributed by atoms with van der Waals surface area (Å²) >= 11 is 0. The Balaban J connectivity index is 1.28. The standard InChI is InChI=1S/C33H42F2N6O2/c1-18-16-40(17-19(2)36-18)31(38-28-13-22-12-26(20(28)3)33(22,4)5)37-24-8-9-25-29(15-24)39-32(43)41(30(25)42)11-10-21-6-7-23(34)14-27(21)35/h6-9,14-15,18-20,22,26,28,36H,10-13,16-17H2,1-5H3,(H,37,38)(H,39,43)/t18-,19+,20-,22-,26+,28?/m0/s1. The van der Waals surface area contributed by atoms with Crippen molar-refractivity contribution in [2.24, 2.45) is 28.2 Å². The van der Waals surface area contributed by atoms with Crippen LogP contribution in [0.4, 0.5) is 14.5 Å². The van der Waals surface area contributed by atoms with E-state index < -0.39 is 22.9 Å². The molecule has 4 aliphatic rings. The van der Waals surface area contributed by atoms with Crippen LogP contribution in [0.2, 0.25) is 0 Å². The average Bonchev–Trinajstić information content (AvgIpc) is 2.93. The Kier molecular flexibility index (Phi) is 7.69. The minimum Gasteiger partial charge on any atom is -0.340 e. The molecule has 0 radical (unpaired) electrons. The molecule has 1 saturated heterocycles. The number of anilines is 1. The lowest BCUT2D eigenvalue weighted by Gasteiger charge is -2.61. The predicted octanol–water partition coefficient (Wildman–Crippen LogP) is 4.73. The van der Waals surface area contributed by atoms with Gasteiger partial charge in [0.1, 0.15) is 11.6 Å². The average molecular weight is 593 g/mol. The second-order valence-electron chi connectivity index (χ2n) is 13.6. The van der Waals surface area contributed by atoms with Crippen LogP contribution in [0.25, 0.3) is 10.9 Å². The van der Waals surface area contributed by atoms with Gasteiger partial charge >= 0.3 is 5.69 Å². The highest BCUT2D eigenvalue weighted by molar-refractivity contribution is 5.96. The maximum atomic E-state index is 14.1. The summed E-state index contributed by atoms with van der Waals surface area (Å²) in [5.41, 5.74) is 0.739. The van der Waals surface area contributed by atoms with Gasteiger partial charge in [-0.25, -0.2) is 18.6 Å². The molecule has 1 aliphatic heterocycles. The van der Waals surface area contributed by atoms with E-state index in [4.69, 9.17) is 4.99 Å². The fourth-order valence-corrected chi connectivity index (χ4v) is 7.76. The number of nitrogens with zero attached hydrogens (tertiary/aromatic N) is 3. The van der Waals surface area contributed by atoms with E-state index in [1.165, 1.54) is 12.5 Å². The lowest BCUT2D eigenvalue weighted by Crippen LogP contribution is -2.59. The number of hydrogen-bond acceptors (Lipinski definition) is 4. The molecule has 2 heterocycles. The number of aromatic nitrogens is 2. The molecule has 3 saturated carbocycles. The van der Waals surface area contributed by atoms with Gasteiger partial charge in [0.2, 0.25) is 0 Å². The third kappa shape index (κ3) is 5.61. The minimum absolute atomic E-state index is 0.0266. The molecule has 3 aromatic rings. The van der Waals surface area contributed by atoms with Crippen molar-refractivity contribution in [1.82, 2.24) is 19.8 Å². The second-order valence-corrected chi connectivity index (χ2v) is 13.6. The highest BCUT2D eigenvalue weighted by Crippen LogP contribution is 2.61. The van der Waals surface area contributed by atoms with E-state index in [-0.39, 0.29) is 24.6 Å². The Morgan fingerprint density at radius 2 is 1.79 bits per heavy atom. The summed E-state index contributed by atoms with van der Waals surface area (Å²) in [7, 11) is 0. The van der Waals surface area contributed by atoms with Gasteiger partial charge in [-0.2, -0.15) is 0 Å². The van der Waals surface area contributed by atoms with Gasteiger partial charge in [-0.15, -0.1) is 0 Å². The van der Waals surface area contributed by atoms with Gasteiger partial charge in [-0.3, -0.25) is 9.36 Å². The molecular formula is C33H42F2N6O2. The number of nitrogens with one attached hydrogen (secondary N) is 3. The Hall–Kier alpha value is -3.53. The molecule has 2 aromatic carbocycles. The molecule has 0 amide bonds. The van der Waals surface area contributed by atoms with Gasteiger partial charge in [0.05, 0.1) is 16.9 Å². The van der Waals surface area contributed by atoms with Gasteiger partial charge < -0.3 is 20.5 Å². The predicted molar refractivity (Wildman–Crippen MR) is 167 cm³/mol. The third-order valence-corrected chi connectivity index (χ3v) is 10.3. The molecular weight excluding hydrogens is 550 g/mol. The lowest BCUT2D eigenvalue weighted by molar-refractivity contribution is -0.108. The number of aromatic amines is 1. The van der Waals surface area contributed by atoms with Crippen LogP contribution in [0.5, 0.6) is 0 Å². The molecule has 0 spiro atoms. The summed E-state index contributed by atoms with van der Waals surface area (Å²) in [6, 6.07) is 9.46. The first-order chi connectivity index (χ1) is 20.4. The largest absolute Gasteiger partial charge is 0.340 e. The van der Waals surface area contributed by atoms with Crippen molar-refractivity contribution in [1.29, 1.82) is 0 Å². The molecule has 7 rings (SSSR count). The fourth-order valence-electron chi connectivity index (χ4n) is 7.76. The van der Waals surface area contributed by atoms with Crippen molar-refractivity contribution in [3.8, 4) is 0 Å². The first kappa shape index (κ1) is 29.5. The molecule has 2 bridgehead atoms. The summed E-state index contributed by atoms with van der Waals surface area (Å²) < 4.78 is 28.5. The van der Waals surface area contributed by atoms with E-state index in [1.807, 2.05) is 6.07 Å². The Bertz CT molecular complexity index is 1670. The molecule has 3 aliphatic carbocycles. The third-order valence-electron chi connectivity index (χ3n) is 10.3. The number of guanidine groups is 1. The van der Waals surface area contributed by atoms with E-state index in [9.17, 15) is 18.4 Å². The van der Waals surface area contributed by atoms with Gasteiger partial charge in [0.15, 0.2) is 5.96 Å². The highest BCUT2D eigenvalue weighted by atomic mass is 19.1. The number of halogens is 2. The molecule has 43 heavy (non-hydrogen) atoms. The zero-order valence-corrected chi connectivity index (χ0v) is 25.6. The Morgan fingerprint density at radius 1 is 1.05 bits per heavy atom. The van der Waals surface area contributed by atoms with Crippen LogP contribution in [0.1, 0.15) is 53.0 Å². The molecule has 8 nitrogen and oxygen atoms in total. The number of rotatable bonds is 5. The van der Waals surface area contributed by atoms with E-state index in [1.54, 1.807) is 12.1 Å². The van der Waals surface area contributed by atoms with Crippen LogP contribution >= 0.6 is 0 Å². The molecule has 4 fully saturated rings. The fraction of sp³-hybridized carbons (Fsp3) is 0.545. The van der Waals surface area contributed by atoms with Crippen LogP contribution in [-0.2, 0) is 13.0 Å². The van der Waals surface area contributed by atoms with Crippen molar-refractivity contribution >= 4 is 22.5 Å². The van der Waals surface area contributed by atoms with E-state index in [0.29, 0.717) is 46.2 Å². The molecule has 1 unspecified atom stereocenters. The lowest BCUT2D eigenvalue weighted by atomic mass is 9.45. The van der Waals surface area contributed by atoms with Crippen molar-refractivity contribution in [2.75, 3.05) is 18.4 Å². The number of aliphatic imine (C=N–C) groups is 1. The van der Waals surface area contributed by atoms with Crippen LogP contribution in [-0.4, -0.2) is 51.6 Å². The van der Waals surface area contributed by atoms with Crippen molar-refractivity contribution in [2.45, 2.75) is 78.6 Å². The second kappa shape index (κ2) is 11.2. The normalized spacial score (nSPS) is 28.5. The molecule has 10 heteroatoms. The first-order valence-electron chi connectivity index (χ1n) is 15.5. The zero-order valence-electron chi connectivity index (χ0n) is 25.6. The van der Waals surface area contributed by atoms with Gasteiger partial charge in [0.25, 0.3) is 5.56 Å². The summed E-state index contributed by atoms with van der Waals surface area (Å²) in [5, 5.41) is 7.51. The number of piperazine rings is 1. The molecule has 1 aromatic heterocycles. The van der Waals surface area contributed by atoms with Gasteiger partial charge in [-0.1, -0.05) is 26.8 Å². The summed E-state index contributed by atoms with van der Waals surface area (Å²) in [4.78, 5) is 36.7.